The first kappa shape index (κ1) is 21.8. The van der Waals surface area contributed by atoms with Gasteiger partial charge in [-0.1, -0.05) is 19.3 Å². The van der Waals surface area contributed by atoms with Crippen LogP contribution in [0.25, 0.3) is 0 Å². The molecular formula is C21H35N5O3. The number of anilines is 1. The molecular weight excluding hydrogens is 370 g/mol. The zero-order valence-corrected chi connectivity index (χ0v) is 18.0. The number of carbonyl (C=O) groups excluding carboxylic acids is 2. The van der Waals surface area contributed by atoms with Crippen LogP contribution in [-0.4, -0.2) is 77.8 Å². The molecule has 1 aliphatic carbocycles. The number of nitrogens with one attached hydrogen (secondary N) is 1. The maximum atomic E-state index is 11.8. The van der Waals surface area contributed by atoms with Crippen molar-refractivity contribution in [3.63, 3.8) is 0 Å². The van der Waals surface area contributed by atoms with E-state index in [2.05, 4.69) is 15.3 Å². The Morgan fingerprint density at radius 3 is 2.72 bits per heavy atom. The Balaban J connectivity index is 1.61. The highest BCUT2D eigenvalue weighted by Crippen LogP contribution is 2.32. The van der Waals surface area contributed by atoms with Crippen LogP contribution >= 0.6 is 0 Å². The van der Waals surface area contributed by atoms with Crippen molar-refractivity contribution in [3.8, 4) is 0 Å². The van der Waals surface area contributed by atoms with Crippen LogP contribution in [0, 0.1) is 5.92 Å². The van der Waals surface area contributed by atoms with Gasteiger partial charge in [-0.15, -0.1) is 0 Å². The summed E-state index contributed by atoms with van der Waals surface area (Å²) < 4.78 is 7.75. The van der Waals surface area contributed by atoms with E-state index in [1.807, 2.05) is 10.9 Å². The van der Waals surface area contributed by atoms with Gasteiger partial charge >= 0.3 is 0 Å². The van der Waals surface area contributed by atoms with E-state index >= 15 is 0 Å². The van der Waals surface area contributed by atoms with Crippen LogP contribution in [0.3, 0.4) is 0 Å². The second-order valence-corrected chi connectivity index (χ2v) is 8.69. The molecule has 1 aromatic heterocycles. The van der Waals surface area contributed by atoms with Crippen LogP contribution < -0.4 is 5.32 Å². The maximum absolute atomic E-state index is 11.8. The predicted molar refractivity (Wildman–Crippen MR) is 112 cm³/mol. The maximum Gasteiger partial charge on any atom is 0.248 e. The third-order valence-corrected chi connectivity index (χ3v) is 6.05. The molecule has 0 radical (unpaired) electrons. The lowest BCUT2D eigenvalue weighted by Crippen LogP contribution is -2.38. The van der Waals surface area contributed by atoms with Crippen LogP contribution in [-0.2, 0) is 14.3 Å². The van der Waals surface area contributed by atoms with Gasteiger partial charge in [0.25, 0.3) is 0 Å². The summed E-state index contributed by atoms with van der Waals surface area (Å²) in [6.07, 6.45) is 11.2. The average molecular weight is 406 g/mol. The van der Waals surface area contributed by atoms with E-state index < -0.39 is 0 Å². The highest BCUT2D eigenvalue weighted by Gasteiger charge is 2.35. The largest absolute Gasteiger partial charge is 0.370 e. The van der Waals surface area contributed by atoms with Gasteiger partial charge < -0.3 is 15.0 Å². The number of rotatable bonds is 8. The van der Waals surface area contributed by atoms with Gasteiger partial charge in [-0.3, -0.25) is 19.2 Å². The zero-order chi connectivity index (χ0) is 20.8. The van der Waals surface area contributed by atoms with E-state index in [4.69, 9.17) is 4.74 Å². The van der Waals surface area contributed by atoms with Gasteiger partial charge in [0.1, 0.15) is 6.61 Å². The highest BCUT2D eigenvalue weighted by molar-refractivity contribution is 5.88. The molecule has 1 saturated heterocycles. The smallest absolute Gasteiger partial charge is 0.248 e. The molecule has 1 N–H and O–H groups in total. The van der Waals surface area contributed by atoms with Crippen LogP contribution in [0.4, 0.5) is 5.69 Å². The fraction of sp³-hybridized carbons (Fsp3) is 0.762. The van der Waals surface area contributed by atoms with Crippen molar-refractivity contribution in [1.29, 1.82) is 0 Å². The molecule has 8 heteroatoms. The fourth-order valence-corrected chi connectivity index (χ4v) is 4.46. The zero-order valence-electron chi connectivity index (χ0n) is 18.0. The number of ether oxygens (including phenoxy) is 1. The normalized spacial score (nSPS) is 23.3. The number of likely N-dealkylation sites (tertiary alicyclic amines) is 1. The first-order valence-electron chi connectivity index (χ1n) is 10.8. The summed E-state index contributed by atoms with van der Waals surface area (Å²) in [5.41, 5.74) is 0.729. The van der Waals surface area contributed by atoms with E-state index in [0.717, 1.165) is 31.1 Å². The number of likely N-dealkylation sites (N-methyl/N-ethyl adjacent to an activating group) is 1. The van der Waals surface area contributed by atoms with Crippen molar-refractivity contribution < 1.29 is 14.3 Å². The lowest BCUT2D eigenvalue weighted by molar-refractivity contribution is -0.134. The van der Waals surface area contributed by atoms with Crippen molar-refractivity contribution in [3.05, 3.63) is 12.4 Å². The molecule has 2 heterocycles. The first-order chi connectivity index (χ1) is 13.9. The molecule has 0 aromatic carbocycles. The van der Waals surface area contributed by atoms with E-state index in [1.165, 1.54) is 39.0 Å². The third kappa shape index (κ3) is 6.27. The molecule has 3 rings (SSSR count). The summed E-state index contributed by atoms with van der Waals surface area (Å²) in [6.45, 7) is 4.20. The van der Waals surface area contributed by atoms with Crippen molar-refractivity contribution in [2.45, 2.75) is 57.5 Å². The average Bonchev–Trinajstić information content (AvgIpc) is 3.29. The second kappa shape index (κ2) is 10.2. The monoisotopic (exact) mass is 405 g/mol. The molecule has 8 nitrogen and oxygen atoms in total. The Hall–Kier alpha value is -1.93. The summed E-state index contributed by atoms with van der Waals surface area (Å²) in [7, 11) is 3.49. The van der Waals surface area contributed by atoms with E-state index in [-0.39, 0.29) is 30.5 Å². The van der Waals surface area contributed by atoms with Crippen molar-refractivity contribution in [1.82, 2.24) is 19.6 Å². The summed E-state index contributed by atoms with van der Waals surface area (Å²) in [6, 6.07) is 0.532. The SMILES string of the molecule is CC(=O)Nc1cnn([C@H]2C[C@@H](COCC(=O)N(C)C)N(CC3CCCCC3)C2)c1. The molecule has 1 saturated carbocycles. The third-order valence-electron chi connectivity index (χ3n) is 6.05. The number of hydrogen-bond donors (Lipinski definition) is 1. The van der Waals surface area contributed by atoms with Crippen molar-refractivity contribution >= 4 is 17.5 Å². The first-order valence-corrected chi connectivity index (χ1v) is 10.8. The Morgan fingerprint density at radius 1 is 1.28 bits per heavy atom. The van der Waals surface area contributed by atoms with E-state index in [0.29, 0.717) is 6.61 Å². The number of amides is 2. The van der Waals surface area contributed by atoms with Crippen LogP contribution in [0.5, 0.6) is 0 Å². The van der Waals surface area contributed by atoms with Crippen molar-refractivity contribution in [2.24, 2.45) is 5.92 Å². The number of carbonyl (C=O) groups is 2. The molecule has 0 spiro atoms. The van der Waals surface area contributed by atoms with E-state index in [9.17, 15) is 9.59 Å². The number of nitrogens with zero attached hydrogens (tertiary/aromatic N) is 4. The van der Waals surface area contributed by atoms with Gasteiger partial charge in [0, 0.05) is 46.3 Å². The van der Waals surface area contributed by atoms with Crippen LogP contribution in [0.1, 0.15) is 51.5 Å². The Bertz CT molecular complexity index is 684. The molecule has 1 aliphatic heterocycles. The molecule has 2 fully saturated rings. The Labute approximate surface area is 173 Å². The van der Waals surface area contributed by atoms with Gasteiger partial charge in [0.15, 0.2) is 0 Å². The molecule has 0 unspecified atom stereocenters. The number of aromatic nitrogens is 2. The van der Waals surface area contributed by atoms with Gasteiger partial charge in [-0.05, 0) is 25.2 Å². The molecule has 162 valence electrons. The van der Waals surface area contributed by atoms with Gasteiger partial charge in [0.05, 0.1) is 24.5 Å². The summed E-state index contributed by atoms with van der Waals surface area (Å²) in [5, 5.41) is 7.26. The second-order valence-electron chi connectivity index (χ2n) is 8.69. The number of hydrogen-bond acceptors (Lipinski definition) is 5. The van der Waals surface area contributed by atoms with Crippen LogP contribution in [0.15, 0.2) is 12.4 Å². The molecule has 2 amide bonds. The van der Waals surface area contributed by atoms with Crippen LogP contribution in [0.2, 0.25) is 0 Å². The lowest BCUT2D eigenvalue weighted by Gasteiger charge is -2.30. The summed E-state index contributed by atoms with van der Waals surface area (Å²) in [4.78, 5) is 27.2. The fourth-order valence-electron chi connectivity index (χ4n) is 4.46. The minimum Gasteiger partial charge on any atom is -0.370 e. The molecule has 29 heavy (non-hydrogen) atoms. The predicted octanol–water partition coefficient (Wildman–Crippen LogP) is 2.14. The van der Waals surface area contributed by atoms with Gasteiger partial charge in [-0.2, -0.15) is 5.10 Å². The Morgan fingerprint density at radius 2 is 2.03 bits per heavy atom. The molecule has 2 aliphatic rings. The minimum atomic E-state index is -0.0910. The quantitative estimate of drug-likeness (QED) is 0.717. The highest BCUT2D eigenvalue weighted by atomic mass is 16.5. The minimum absolute atomic E-state index is 0.00889. The van der Waals surface area contributed by atoms with Gasteiger partial charge in [-0.25, -0.2) is 0 Å². The molecule has 2 atom stereocenters. The van der Waals surface area contributed by atoms with Crippen molar-refractivity contribution in [2.75, 3.05) is 45.7 Å². The lowest BCUT2D eigenvalue weighted by atomic mass is 9.89. The standard InChI is InChI=1S/C21H35N5O3/c1-16(27)23-18-10-22-26(12-18)19-9-20(14-29-15-21(28)24(2)3)25(13-19)11-17-7-5-4-6-8-17/h10,12,17,19-20H,4-9,11,13-15H2,1-3H3,(H,23,27)/t19-,20-/m0/s1. The Kier molecular flexibility index (Phi) is 7.66. The summed E-state index contributed by atoms with van der Waals surface area (Å²) in [5.74, 6) is 0.651. The van der Waals surface area contributed by atoms with E-state index in [1.54, 1.807) is 25.2 Å². The summed E-state index contributed by atoms with van der Waals surface area (Å²) >= 11 is 0. The molecule has 0 bridgehead atoms. The molecule has 1 aromatic rings. The van der Waals surface area contributed by atoms with Gasteiger partial charge in [0.2, 0.25) is 11.8 Å². The topological polar surface area (TPSA) is 79.7 Å².